The Morgan fingerprint density at radius 2 is 2.00 bits per heavy atom. The Balaban J connectivity index is 1.62. The lowest BCUT2D eigenvalue weighted by atomic mass is 10.0. The van der Waals surface area contributed by atoms with Crippen LogP contribution >= 0.6 is 0 Å². The molecule has 2 aromatic rings. The van der Waals surface area contributed by atoms with Crippen molar-refractivity contribution in [3.05, 3.63) is 56.9 Å². The highest BCUT2D eigenvalue weighted by molar-refractivity contribution is 5.95. The first-order chi connectivity index (χ1) is 11.5. The maximum Gasteiger partial charge on any atom is 0.328 e. The summed E-state index contributed by atoms with van der Waals surface area (Å²) in [4.78, 5) is 48.0. The molecule has 8 nitrogen and oxygen atoms in total. The number of amides is 2. The van der Waals surface area contributed by atoms with Crippen molar-refractivity contribution in [3.8, 4) is 0 Å². The van der Waals surface area contributed by atoms with Crippen LogP contribution in [0.15, 0.2) is 40.1 Å². The second-order valence-corrected chi connectivity index (χ2v) is 5.52. The van der Waals surface area contributed by atoms with Crippen molar-refractivity contribution >= 4 is 23.2 Å². The van der Waals surface area contributed by atoms with Crippen LogP contribution in [-0.4, -0.2) is 21.4 Å². The highest BCUT2D eigenvalue weighted by Gasteiger charge is 2.15. The van der Waals surface area contributed by atoms with Crippen molar-refractivity contribution in [2.45, 2.75) is 25.8 Å². The van der Waals surface area contributed by atoms with Gasteiger partial charge in [-0.25, -0.2) is 4.79 Å². The van der Waals surface area contributed by atoms with Gasteiger partial charge < -0.3 is 15.2 Å². The molecule has 0 saturated carbocycles. The first-order valence-corrected chi connectivity index (χ1v) is 7.54. The monoisotopic (exact) mass is 328 g/mol. The number of fused-ring (bicyclic) bond motifs is 1. The molecule has 1 aromatic heterocycles. The summed E-state index contributed by atoms with van der Waals surface area (Å²) < 4.78 is 1.27. The second kappa shape index (κ2) is 6.53. The van der Waals surface area contributed by atoms with Crippen molar-refractivity contribution in [1.82, 2.24) is 9.55 Å². The van der Waals surface area contributed by atoms with Crippen LogP contribution < -0.4 is 21.9 Å². The highest BCUT2D eigenvalue weighted by atomic mass is 16.2. The number of anilines is 2. The van der Waals surface area contributed by atoms with Gasteiger partial charge in [-0.15, -0.1) is 0 Å². The van der Waals surface area contributed by atoms with Gasteiger partial charge in [-0.3, -0.25) is 19.4 Å². The fourth-order valence-electron chi connectivity index (χ4n) is 2.53. The van der Waals surface area contributed by atoms with E-state index in [1.54, 1.807) is 12.1 Å². The Hall–Kier alpha value is -3.16. The van der Waals surface area contributed by atoms with Gasteiger partial charge in [0.05, 0.1) is 0 Å². The van der Waals surface area contributed by atoms with Crippen LogP contribution in [0.3, 0.4) is 0 Å². The van der Waals surface area contributed by atoms with E-state index in [9.17, 15) is 19.2 Å². The van der Waals surface area contributed by atoms with Gasteiger partial charge in [0.2, 0.25) is 11.8 Å². The van der Waals surface area contributed by atoms with E-state index in [2.05, 4.69) is 15.6 Å². The van der Waals surface area contributed by atoms with Gasteiger partial charge in [-0.05, 0) is 30.2 Å². The molecule has 0 unspecified atom stereocenters. The van der Waals surface area contributed by atoms with Crippen molar-refractivity contribution in [3.63, 3.8) is 0 Å². The molecule has 1 aliphatic rings. The smallest absolute Gasteiger partial charge is 0.326 e. The minimum Gasteiger partial charge on any atom is -0.326 e. The summed E-state index contributed by atoms with van der Waals surface area (Å²) in [6.07, 6.45) is 2.52. The minimum absolute atomic E-state index is 0.00868. The van der Waals surface area contributed by atoms with Gasteiger partial charge in [0.25, 0.3) is 5.56 Å². The molecule has 8 heteroatoms. The van der Waals surface area contributed by atoms with Gasteiger partial charge in [0, 0.05) is 43.0 Å². The lowest BCUT2D eigenvalue weighted by Gasteiger charge is -2.17. The van der Waals surface area contributed by atoms with E-state index < -0.39 is 11.2 Å². The van der Waals surface area contributed by atoms with Crippen LogP contribution in [0.2, 0.25) is 0 Å². The van der Waals surface area contributed by atoms with Crippen molar-refractivity contribution in [2.75, 3.05) is 10.6 Å². The molecule has 0 radical (unpaired) electrons. The maximum atomic E-state index is 12.0. The summed E-state index contributed by atoms with van der Waals surface area (Å²) in [7, 11) is 0. The summed E-state index contributed by atoms with van der Waals surface area (Å²) in [5.41, 5.74) is 1.37. The number of aromatic nitrogens is 2. The molecule has 0 fully saturated rings. The van der Waals surface area contributed by atoms with E-state index in [1.807, 2.05) is 6.07 Å². The topological polar surface area (TPSA) is 113 Å². The molecule has 2 amide bonds. The van der Waals surface area contributed by atoms with Crippen LogP contribution in [0.1, 0.15) is 18.4 Å². The first-order valence-electron chi connectivity index (χ1n) is 7.54. The number of nitrogens with one attached hydrogen (secondary N) is 3. The second-order valence-electron chi connectivity index (χ2n) is 5.52. The number of H-pyrrole nitrogens is 1. The first kappa shape index (κ1) is 15.7. The molecule has 0 aliphatic carbocycles. The van der Waals surface area contributed by atoms with Crippen molar-refractivity contribution in [1.29, 1.82) is 0 Å². The molecule has 3 N–H and O–H groups in total. The summed E-state index contributed by atoms with van der Waals surface area (Å²) in [6.45, 7) is 0.169. The predicted octanol–water partition coefficient (Wildman–Crippen LogP) is 0.450. The zero-order chi connectivity index (χ0) is 17.1. The average Bonchev–Trinajstić information content (AvgIpc) is 2.54. The normalized spacial score (nSPS) is 13.1. The minimum atomic E-state index is -0.542. The summed E-state index contributed by atoms with van der Waals surface area (Å²) in [5.74, 6) is -0.251. The lowest BCUT2D eigenvalue weighted by molar-refractivity contribution is -0.117. The molecular weight excluding hydrogens is 312 g/mol. The third-order valence-electron chi connectivity index (χ3n) is 3.76. The maximum absolute atomic E-state index is 12.0. The SMILES string of the molecule is O=C(CCn1ccc(=O)[nH]c1=O)Nc1ccc2c(c1)CCC(=O)N2. The third kappa shape index (κ3) is 3.60. The van der Waals surface area contributed by atoms with E-state index in [0.717, 1.165) is 11.3 Å². The van der Waals surface area contributed by atoms with Gasteiger partial charge in [-0.2, -0.15) is 0 Å². The van der Waals surface area contributed by atoms with E-state index >= 15 is 0 Å². The Morgan fingerprint density at radius 3 is 2.79 bits per heavy atom. The van der Waals surface area contributed by atoms with Gasteiger partial charge in [-0.1, -0.05) is 0 Å². The molecule has 0 bridgehead atoms. The van der Waals surface area contributed by atoms with Crippen LogP contribution in [0, 0.1) is 0 Å². The van der Waals surface area contributed by atoms with Crippen molar-refractivity contribution in [2.24, 2.45) is 0 Å². The number of hydrogen-bond donors (Lipinski definition) is 3. The highest BCUT2D eigenvalue weighted by Crippen LogP contribution is 2.25. The molecular formula is C16H16N4O4. The summed E-state index contributed by atoms with van der Waals surface area (Å²) in [5, 5.41) is 5.54. The molecule has 124 valence electrons. The van der Waals surface area contributed by atoms with Gasteiger partial charge >= 0.3 is 5.69 Å². The number of aromatic amines is 1. The van der Waals surface area contributed by atoms with Crippen LogP contribution in [0.25, 0.3) is 0 Å². The molecule has 0 spiro atoms. The van der Waals surface area contributed by atoms with Crippen LogP contribution in [0.4, 0.5) is 11.4 Å². The number of hydrogen-bond acceptors (Lipinski definition) is 4. The number of carbonyl (C=O) groups excluding carboxylic acids is 2. The number of benzene rings is 1. The quantitative estimate of drug-likeness (QED) is 0.756. The van der Waals surface area contributed by atoms with Crippen LogP contribution in [-0.2, 0) is 22.6 Å². The number of aryl methyl sites for hydroxylation is 2. The van der Waals surface area contributed by atoms with Crippen LogP contribution in [0.5, 0.6) is 0 Å². The summed E-state index contributed by atoms with van der Waals surface area (Å²) >= 11 is 0. The van der Waals surface area contributed by atoms with Crippen molar-refractivity contribution < 1.29 is 9.59 Å². The van der Waals surface area contributed by atoms with Gasteiger partial charge in [0.15, 0.2) is 0 Å². The average molecular weight is 328 g/mol. The molecule has 3 rings (SSSR count). The molecule has 1 aromatic carbocycles. The number of nitrogens with zero attached hydrogens (tertiary/aromatic N) is 1. The zero-order valence-electron chi connectivity index (χ0n) is 12.8. The standard InChI is InChI=1S/C16H16N4O4/c21-13-4-1-10-9-11(2-3-12(10)18-13)17-14(22)5-7-20-8-6-15(23)19-16(20)24/h2-3,6,8-9H,1,4-5,7H2,(H,17,22)(H,18,21)(H,19,23,24). The molecule has 0 atom stereocenters. The van der Waals surface area contributed by atoms with E-state index in [4.69, 9.17) is 0 Å². The number of carbonyl (C=O) groups is 2. The van der Waals surface area contributed by atoms with E-state index in [1.165, 1.54) is 16.8 Å². The summed E-state index contributed by atoms with van der Waals surface area (Å²) in [6, 6.07) is 6.54. The molecule has 24 heavy (non-hydrogen) atoms. The largest absolute Gasteiger partial charge is 0.328 e. The van der Waals surface area contributed by atoms with E-state index in [-0.39, 0.29) is 24.8 Å². The molecule has 1 aliphatic heterocycles. The Bertz CT molecular complexity index is 913. The van der Waals surface area contributed by atoms with E-state index in [0.29, 0.717) is 18.5 Å². The Labute approximate surface area is 136 Å². The fourth-order valence-corrected chi connectivity index (χ4v) is 2.53. The zero-order valence-corrected chi connectivity index (χ0v) is 12.8. The fraction of sp³-hybridized carbons (Fsp3) is 0.250. The molecule has 0 saturated heterocycles. The predicted molar refractivity (Wildman–Crippen MR) is 88.0 cm³/mol. The lowest BCUT2D eigenvalue weighted by Crippen LogP contribution is -2.29. The Morgan fingerprint density at radius 1 is 1.17 bits per heavy atom. The van der Waals surface area contributed by atoms with Gasteiger partial charge in [0.1, 0.15) is 0 Å². The number of rotatable bonds is 4. The molecule has 2 heterocycles. The third-order valence-corrected chi connectivity index (χ3v) is 3.76. The Kier molecular flexibility index (Phi) is 4.28.